The fourth-order valence-electron chi connectivity index (χ4n) is 1.18. The Hall–Kier alpha value is -0.400. The van der Waals surface area contributed by atoms with Gasteiger partial charge in [0, 0.05) is 0 Å². The lowest BCUT2D eigenvalue weighted by Crippen LogP contribution is -2.28. The molecule has 0 atom stereocenters. The molecule has 0 saturated carbocycles. The summed E-state index contributed by atoms with van der Waals surface area (Å²) in [5.41, 5.74) is -1.10. The van der Waals surface area contributed by atoms with Gasteiger partial charge in [0.1, 0.15) is 0 Å². The van der Waals surface area contributed by atoms with Crippen LogP contribution in [0.5, 0.6) is 0 Å². The van der Waals surface area contributed by atoms with Crippen LogP contribution in [0.15, 0.2) is 0 Å². The molecule has 94 valence electrons. The fourth-order valence-corrected chi connectivity index (χ4v) is 2.72. The highest BCUT2D eigenvalue weighted by atomic mass is 31.2. The first-order valence-corrected chi connectivity index (χ1v) is 6.98. The minimum Gasteiger partial charge on any atom is -0.287 e. The minimum absolute atomic E-state index is 0.214. The number of phosphoric acid groups is 1. The van der Waals surface area contributed by atoms with Crippen molar-refractivity contribution in [3.63, 3.8) is 0 Å². The lowest BCUT2D eigenvalue weighted by molar-refractivity contribution is 0.0419. The molecule has 0 heterocycles. The topological polar surface area (TPSA) is 68.6 Å². The highest BCUT2D eigenvalue weighted by Gasteiger charge is 2.39. The maximum Gasteiger partial charge on any atom is 0.476 e. The van der Waals surface area contributed by atoms with E-state index in [-0.39, 0.29) is 13.2 Å². The highest BCUT2D eigenvalue weighted by molar-refractivity contribution is 7.48. The van der Waals surface area contributed by atoms with Crippen LogP contribution < -0.4 is 0 Å². The van der Waals surface area contributed by atoms with E-state index in [1.165, 1.54) is 0 Å². The molecule has 0 amide bonds. The van der Waals surface area contributed by atoms with Crippen molar-refractivity contribution >= 4 is 7.82 Å². The third kappa shape index (κ3) is 4.23. The van der Waals surface area contributed by atoms with Crippen molar-refractivity contribution in [2.75, 3.05) is 13.2 Å². The van der Waals surface area contributed by atoms with Crippen molar-refractivity contribution in [2.45, 2.75) is 46.1 Å². The molecule has 0 bridgehead atoms. The Balaban J connectivity index is 4.85. The van der Waals surface area contributed by atoms with E-state index in [9.17, 15) is 4.57 Å². The van der Waals surface area contributed by atoms with E-state index in [1.54, 1.807) is 27.7 Å². The SMILES string of the molecule is CCOP(=O)(OCC)OC(C#N)(CC)CC. The molecule has 6 heteroatoms. The highest BCUT2D eigenvalue weighted by Crippen LogP contribution is 2.53. The van der Waals surface area contributed by atoms with Crippen LogP contribution in [0.3, 0.4) is 0 Å². The lowest BCUT2D eigenvalue weighted by Gasteiger charge is -2.27. The zero-order valence-corrected chi connectivity index (χ0v) is 11.3. The van der Waals surface area contributed by atoms with Crippen LogP contribution in [0.25, 0.3) is 0 Å². The summed E-state index contributed by atoms with van der Waals surface area (Å²) in [7, 11) is -3.61. The van der Waals surface area contributed by atoms with Gasteiger partial charge < -0.3 is 0 Å². The van der Waals surface area contributed by atoms with Gasteiger partial charge in [-0.3, -0.25) is 13.6 Å². The monoisotopic (exact) mass is 249 g/mol. The van der Waals surface area contributed by atoms with Crippen molar-refractivity contribution in [1.29, 1.82) is 5.26 Å². The molecule has 0 radical (unpaired) electrons. The second kappa shape index (κ2) is 7.03. The van der Waals surface area contributed by atoms with Crippen molar-refractivity contribution in [2.24, 2.45) is 0 Å². The van der Waals surface area contributed by atoms with E-state index in [1.807, 2.05) is 6.07 Å². The van der Waals surface area contributed by atoms with Crippen molar-refractivity contribution in [1.82, 2.24) is 0 Å². The van der Waals surface area contributed by atoms with Gasteiger partial charge in [-0.2, -0.15) is 5.26 Å². The number of hydrogen-bond donors (Lipinski definition) is 0. The van der Waals surface area contributed by atoms with Crippen LogP contribution in [-0.2, 0) is 18.1 Å². The molecule has 0 saturated heterocycles. The van der Waals surface area contributed by atoms with E-state index >= 15 is 0 Å². The van der Waals surface area contributed by atoms with Gasteiger partial charge in [-0.05, 0) is 26.7 Å². The van der Waals surface area contributed by atoms with Crippen LogP contribution in [0.1, 0.15) is 40.5 Å². The quantitative estimate of drug-likeness (QED) is 0.617. The number of phosphoric ester groups is 1. The van der Waals surface area contributed by atoms with E-state index in [0.29, 0.717) is 12.8 Å². The Labute approximate surface area is 97.3 Å². The second-order valence-electron chi connectivity index (χ2n) is 3.19. The molecule has 0 aliphatic heterocycles. The van der Waals surface area contributed by atoms with E-state index in [0.717, 1.165) is 0 Å². The average molecular weight is 249 g/mol. The van der Waals surface area contributed by atoms with Crippen LogP contribution in [0.4, 0.5) is 0 Å². The van der Waals surface area contributed by atoms with Gasteiger partial charge in [-0.25, -0.2) is 4.57 Å². The first kappa shape index (κ1) is 15.6. The van der Waals surface area contributed by atoms with Crippen LogP contribution in [0.2, 0.25) is 0 Å². The van der Waals surface area contributed by atoms with E-state index in [2.05, 4.69) is 0 Å². The zero-order valence-electron chi connectivity index (χ0n) is 10.4. The summed E-state index contributed by atoms with van der Waals surface area (Å²) in [6.07, 6.45) is 0.869. The summed E-state index contributed by atoms with van der Waals surface area (Å²) in [6.45, 7) is 7.42. The molecule has 0 spiro atoms. The summed E-state index contributed by atoms with van der Waals surface area (Å²) in [5.74, 6) is 0. The average Bonchev–Trinajstić information content (AvgIpc) is 2.27. The standard InChI is InChI=1S/C10H20NO4P/c1-5-10(6-2,9-11)15-16(12,13-7-3)14-8-4/h5-8H2,1-4H3. The van der Waals surface area contributed by atoms with Gasteiger partial charge in [0.2, 0.25) is 0 Å². The third-order valence-corrected chi connectivity index (χ3v) is 3.93. The predicted octanol–water partition coefficient (Wildman–Crippen LogP) is 3.27. The molecule has 0 rings (SSSR count). The molecular formula is C10H20NO4P. The molecule has 5 nitrogen and oxygen atoms in total. The molecule has 0 aromatic carbocycles. The van der Waals surface area contributed by atoms with Crippen molar-refractivity contribution in [3.05, 3.63) is 0 Å². The Morgan fingerprint density at radius 3 is 1.81 bits per heavy atom. The maximum absolute atomic E-state index is 12.1. The summed E-state index contributed by atoms with van der Waals surface area (Å²) >= 11 is 0. The fraction of sp³-hybridized carbons (Fsp3) is 0.900. The van der Waals surface area contributed by atoms with Gasteiger partial charge >= 0.3 is 7.82 Å². The van der Waals surface area contributed by atoms with Gasteiger partial charge in [0.25, 0.3) is 0 Å². The first-order valence-electron chi connectivity index (χ1n) is 5.52. The van der Waals surface area contributed by atoms with Gasteiger partial charge in [0.05, 0.1) is 19.3 Å². The molecule has 0 aliphatic rings. The molecule has 16 heavy (non-hydrogen) atoms. The Morgan fingerprint density at radius 1 is 1.12 bits per heavy atom. The van der Waals surface area contributed by atoms with Crippen LogP contribution in [-0.4, -0.2) is 18.8 Å². The van der Waals surface area contributed by atoms with Crippen molar-refractivity contribution < 1.29 is 18.1 Å². The predicted molar refractivity (Wildman–Crippen MR) is 60.9 cm³/mol. The second-order valence-corrected chi connectivity index (χ2v) is 4.78. The van der Waals surface area contributed by atoms with Crippen molar-refractivity contribution in [3.8, 4) is 6.07 Å². The normalized spacial score (nSPS) is 12.4. The smallest absolute Gasteiger partial charge is 0.287 e. The number of rotatable bonds is 8. The maximum atomic E-state index is 12.1. The molecular weight excluding hydrogens is 229 g/mol. The van der Waals surface area contributed by atoms with Crippen LogP contribution in [0, 0.1) is 11.3 Å². The number of nitriles is 1. The largest absolute Gasteiger partial charge is 0.476 e. The Bertz CT molecular complexity index is 273. The van der Waals surface area contributed by atoms with Gasteiger partial charge in [0.15, 0.2) is 5.60 Å². The molecule has 0 unspecified atom stereocenters. The summed E-state index contributed by atoms with van der Waals surface area (Å²) in [4.78, 5) is 0. The third-order valence-electron chi connectivity index (χ3n) is 2.21. The number of hydrogen-bond acceptors (Lipinski definition) is 5. The van der Waals surface area contributed by atoms with Gasteiger partial charge in [-0.15, -0.1) is 0 Å². The molecule has 0 aliphatic carbocycles. The van der Waals surface area contributed by atoms with Gasteiger partial charge in [-0.1, -0.05) is 13.8 Å². The van der Waals surface area contributed by atoms with E-state index in [4.69, 9.17) is 18.8 Å². The molecule has 0 aromatic rings. The molecule has 0 aromatic heterocycles. The summed E-state index contributed by atoms with van der Waals surface area (Å²) in [6, 6.07) is 2.03. The van der Waals surface area contributed by atoms with Crippen LogP contribution >= 0.6 is 7.82 Å². The number of nitrogens with zero attached hydrogens (tertiary/aromatic N) is 1. The zero-order chi connectivity index (χ0) is 12.7. The summed E-state index contributed by atoms with van der Waals surface area (Å²) < 4.78 is 27.4. The Morgan fingerprint density at radius 2 is 1.56 bits per heavy atom. The first-order chi connectivity index (χ1) is 7.51. The summed E-state index contributed by atoms with van der Waals surface area (Å²) in [5, 5.41) is 9.07. The van der Waals surface area contributed by atoms with E-state index < -0.39 is 13.4 Å². The minimum atomic E-state index is -3.61. The lowest BCUT2D eigenvalue weighted by atomic mass is 10.0. The molecule has 0 fully saturated rings. The molecule has 0 N–H and O–H groups in total. The Kier molecular flexibility index (Phi) is 6.85.